The van der Waals surface area contributed by atoms with E-state index in [4.69, 9.17) is 9.15 Å². The normalized spacial score (nSPS) is 13.0. The van der Waals surface area contributed by atoms with Gasteiger partial charge in [-0.3, -0.25) is 0 Å². The Morgan fingerprint density at radius 3 is 2.84 bits per heavy atom. The van der Waals surface area contributed by atoms with Gasteiger partial charge >= 0.3 is 11.4 Å². The molecular weight excluding hydrogens is 324 g/mol. The smallest absolute Gasteiger partial charge is 0.406 e. The fourth-order valence-electron chi connectivity index (χ4n) is 3.20. The highest BCUT2D eigenvalue weighted by Gasteiger charge is 2.18. The Labute approximate surface area is 142 Å². The van der Waals surface area contributed by atoms with Crippen molar-refractivity contribution in [3.05, 3.63) is 73.8 Å². The van der Waals surface area contributed by atoms with Crippen LogP contribution in [0.4, 0.5) is 5.82 Å². The number of aryl methyl sites for hydroxylation is 2. The van der Waals surface area contributed by atoms with Crippen molar-refractivity contribution in [3.8, 4) is 5.75 Å². The minimum atomic E-state index is -0.598. The highest BCUT2D eigenvalue weighted by atomic mass is 16.6. The van der Waals surface area contributed by atoms with Crippen LogP contribution >= 0.6 is 0 Å². The van der Waals surface area contributed by atoms with Gasteiger partial charge in [0.15, 0.2) is 0 Å². The molecule has 0 amide bonds. The summed E-state index contributed by atoms with van der Waals surface area (Å²) in [6.07, 6.45) is 4.40. The van der Waals surface area contributed by atoms with E-state index in [0.29, 0.717) is 11.1 Å². The number of hydrogen-bond acceptors (Lipinski definition) is 6. The van der Waals surface area contributed by atoms with Crippen LogP contribution in [-0.4, -0.2) is 9.91 Å². The summed E-state index contributed by atoms with van der Waals surface area (Å²) in [6.45, 7) is 0.0213. The van der Waals surface area contributed by atoms with Crippen molar-refractivity contribution in [3.63, 3.8) is 0 Å². The summed E-state index contributed by atoms with van der Waals surface area (Å²) in [5.74, 6) is -0.286. The van der Waals surface area contributed by atoms with E-state index in [0.717, 1.165) is 24.6 Å². The average Bonchev–Trinajstić information content (AvgIpc) is 3.05. The zero-order valence-corrected chi connectivity index (χ0v) is 13.2. The molecule has 0 fully saturated rings. The summed E-state index contributed by atoms with van der Waals surface area (Å²) in [4.78, 5) is 26.0. The molecule has 126 valence electrons. The van der Waals surface area contributed by atoms with Crippen molar-refractivity contribution in [2.24, 2.45) is 0 Å². The molecule has 4 rings (SSSR count). The monoisotopic (exact) mass is 338 g/mol. The van der Waals surface area contributed by atoms with Gasteiger partial charge in [0.1, 0.15) is 18.4 Å². The van der Waals surface area contributed by atoms with Crippen LogP contribution in [0.5, 0.6) is 5.75 Å². The zero-order chi connectivity index (χ0) is 17.4. The van der Waals surface area contributed by atoms with Crippen molar-refractivity contribution < 1.29 is 14.1 Å². The van der Waals surface area contributed by atoms with Gasteiger partial charge in [-0.2, -0.15) is 0 Å². The minimum Gasteiger partial charge on any atom is -0.481 e. The Morgan fingerprint density at radius 1 is 1.24 bits per heavy atom. The first kappa shape index (κ1) is 15.3. The predicted molar refractivity (Wildman–Crippen MR) is 89.7 cm³/mol. The van der Waals surface area contributed by atoms with E-state index in [-0.39, 0.29) is 18.2 Å². The summed E-state index contributed by atoms with van der Waals surface area (Å²) >= 11 is 0. The topological polar surface area (TPSA) is 95.5 Å². The number of hydrogen-bond donors (Lipinski definition) is 0. The Morgan fingerprint density at radius 2 is 2.04 bits per heavy atom. The average molecular weight is 338 g/mol. The van der Waals surface area contributed by atoms with E-state index in [2.05, 4.69) is 4.98 Å². The van der Waals surface area contributed by atoms with Crippen molar-refractivity contribution in [1.29, 1.82) is 0 Å². The Balaban J connectivity index is 1.72. The Kier molecular flexibility index (Phi) is 3.68. The molecule has 3 aromatic rings. The molecule has 0 aliphatic heterocycles. The molecule has 25 heavy (non-hydrogen) atoms. The van der Waals surface area contributed by atoms with Gasteiger partial charge in [-0.25, -0.2) is 4.79 Å². The predicted octanol–water partition coefficient (Wildman–Crippen LogP) is 3.16. The maximum absolute atomic E-state index is 11.8. The number of rotatable bonds is 4. The zero-order valence-electron chi connectivity index (χ0n) is 13.2. The minimum absolute atomic E-state index is 0.0213. The number of pyridine rings is 1. The van der Waals surface area contributed by atoms with Crippen LogP contribution in [-0.2, 0) is 19.4 Å². The van der Waals surface area contributed by atoms with Crippen LogP contribution in [0.15, 0.2) is 45.7 Å². The number of nitrogens with zero attached hydrogens (tertiary/aromatic N) is 2. The van der Waals surface area contributed by atoms with Gasteiger partial charge in [0.2, 0.25) is 5.75 Å². The molecule has 0 saturated heterocycles. The van der Waals surface area contributed by atoms with E-state index < -0.39 is 10.5 Å². The summed E-state index contributed by atoms with van der Waals surface area (Å²) in [5, 5.41) is 11.8. The van der Waals surface area contributed by atoms with Crippen LogP contribution < -0.4 is 10.4 Å². The first-order valence-electron chi connectivity index (χ1n) is 7.92. The highest BCUT2D eigenvalue weighted by Crippen LogP contribution is 2.30. The lowest BCUT2D eigenvalue weighted by atomic mass is 10.0. The Bertz CT molecular complexity index is 1040. The van der Waals surface area contributed by atoms with Crippen LogP contribution in [0.3, 0.4) is 0 Å². The van der Waals surface area contributed by atoms with Gasteiger partial charge in [-0.15, -0.1) is 0 Å². The van der Waals surface area contributed by atoms with Crippen LogP contribution in [0.25, 0.3) is 11.0 Å². The van der Waals surface area contributed by atoms with Gasteiger partial charge in [-0.05, 0) is 64.6 Å². The standard InChI is InChI=1S/C18H14N2O5/c21-17-9-13(10-24-15-5-2-6-19-18(15)20(22)23)14-7-11-3-1-4-12(11)8-16(14)25-17/h2,5-9H,1,3-4,10H2. The summed E-state index contributed by atoms with van der Waals surface area (Å²) in [5.41, 5.74) is 3.14. The third-order valence-corrected chi connectivity index (χ3v) is 4.35. The van der Waals surface area contributed by atoms with E-state index in [1.807, 2.05) is 12.1 Å². The first-order valence-corrected chi connectivity index (χ1v) is 7.92. The molecule has 1 aliphatic carbocycles. The number of benzene rings is 1. The van der Waals surface area contributed by atoms with Gasteiger partial charge in [0.05, 0.1) is 0 Å². The molecule has 7 nitrogen and oxygen atoms in total. The lowest BCUT2D eigenvalue weighted by molar-refractivity contribution is -0.390. The van der Waals surface area contributed by atoms with Gasteiger partial charge in [-0.1, -0.05) is 0 Å². The number of fused-ring (bicyclic) bond motifs is 2. The molecule has 0 radical (unpaired) electrons. The second-order valence-electron chi connectivity index (χ2n) is 5.93. The summed E-state index contributed by atoms with van der Waals surface area (Å²) in [7, 11) is 0. The molecule has 0 atom stereocenters. The molecule has 1 aliphatic rings. The number of nitro groups is 1. The van der Waals surface area contributed by atoms with Crippen molar-refractivity contribution in [1.82, 2.24) is 4.98 Å². The number of aromatic nitrogens is 1. The molecule has 0 N–H and O–H groups in total. The third-order valence-electron chi connectivity index (χ3n) is 4.35. The van der Waals surface area contributed by atoms with Crippen molar-refractivity contribution in [2.75, 3.05) is 0 Å². The second-order valence-corrected chi connectivity index (χ2v) is 5.93. The molecule has 0 saturated carbocycles. The maximum Gasteiger partial charge on any atom is 0.406 e. The summed E-state index contributed by atoms with van der Waals surface area (Å²) in [6, 6.07) is 8.35. The molecule has 2 aromatic heterocycles. The van der Waals surface area contributed by atoms with Crippen molar-refractivity contribution in [2.45, 2.75) is 25.9 Å². The van der Waals surface area contributed by atoms with Crippen molar-refractivity contribution >= 4 is 16.8 Å². The van der Waals surface area contributed by atoms with Crippen LogP contribution in [0.2, 0.25) is 0 Å². The molecule has 0 unspecified atom stereocenters. The third kappa shape index (κ3) is 2.84. The molecule has 7 heteroatoms. The molecule has 0 spiro atoms. The highest BCUT2D eigenvalue weighted by molar-refractivity contribution is 5.82. The van der Waals surface area contributed by atoms with E-state index in [1.165, 1.54) is 29.5 Å². The van der Waals surface area contributed by atoms with Gasteiger partial charge in [0, 0.05) is 17.0 Å². The quantitative estimate of drug-likeness (QED) is 0.412. The largest absolute Gasteiger partial charge is 0.481 e. The lowest BCUT2D eigenvalue weighted by Gasteiger charge is -2.09. The van der Waals surface area contributed by atoms with E-state index in [9.17, 15) is 14.9 Å². The fourth-order valence-corrected chi connectivity index (χ4v) is 3.20. The molecule has 1 aromatic carbocycles. The van der Waals surface area contributed by atoms with E-state index >= 15 is 0 Å². The fraction of sp³-hybridized carbons (Fsp3) is 0.222. The van der Waals surface area contributed by atoms with E-state index in [1.54, 1.807) is 6.07 Å². The molecular formula is C18H14N2O5. The Hall–Kier alpha value is -3.22. The SMILES string of the molecule is O=c1cc(COc2cccnc2[N+](=O)[O-])c2cc3c(cc2o1)CCC3. The van der Waals surface area contributed by atoms with Gasteiger partial charge < -0.3 is 19.3 Å². The van der Waals surface area contributed by atoms with Gasteiger partial charge in [0.25, 0.3) is 0 Å². The van der Waals surface area contributed by atoms with Crippen LogP contribution in [0, 0.1) is 10.1 Å². The maximum atomic E-state index is 11.8. The molecule has 2 heterocycles. The molecule has 0 bridgehead atoms. The summed E-state index contributed by atoms with van der Waals surface area (Å²) < 4.78 is 10.9. The second kappa shape index (κ2) is 6.01. The lowest BCUT2D eigenvalue weighted by Crippen LogP contribution is -2.06. The number of ether oxygens (including phenoxy) is 1. The van der Waals surface area contributed by atoms with Crippen LogP contribution in [0.1, 0.15) is 23.1 Å². The first-order chi connectivity index (χ1) is 12.1.